The molecule has 0 unspecified atom stereocenters. The normalized spacial score (nSPS) is 14.3. The Kier molecular flexibility index (Phi) is 5.12. The van der Waals surface area contributed by atoms with Gasteiger partial charge in [-0.3, -0.25) is 0 Å². The van der Waals surface area contributed by atoms with Gasteiger partial charge in [0.05, 0.1) is 13.2 Å². The average Bonchev–Trinajstić information content (AvgIpc) is 2.83. The van der Waals surface area contributed by atoms with Crippen molar-refractivity contribution >= 4 is 17.6 Å². The van der Waals surface area contributed by atoms with Crippen molar-refractivity contribution in [1.29, 1.82) is 0 Å². The van der Waals surface area contributed by atoms with Gasteiger partial charge in [-0.05, 0) is 30.0 Å². The van der Waals surface area contributed by atoms with Crippen molar-refractivity contribution in [1.82, 2.24) is 5.32 Å². The Labute approximate surface area is 125 Å². The lowest BCUT2D eigenvalue weighted by molar-refractivity contribution is 0.353. The van der Waals surface area contributed by atoms with Crippen LogP contribution in [-0.4, -0.2) is 19.1 Å². The van der Waals surface area contributed by atoms with Crippen LogP contribution in [0.25, 0.3) is 0 Å². The van der Waals surface area contributed by atoms with Crippen LogP contribution >= 0.6 is 11.6 Å². The minimum Gasteiger partial charge on any atom is -0.493 e. The minimum atomic E-state index is 0.470. The second-order valence-electron chi connectivity index (χ2n) is 5.46. The Morgan fingerprint density at radius 3 is 3.05 bits per heavy atom. The van der Waals surface area contributed by atoms with Gasteiger partial charge in [-0.2, -0.15) is 0 Å². The molecule has 0 amide bonds. The number of aliphatic imine (C=N–C) groups is 1. The maximum absolute atomic E-state index is 6.11. The van der Waals surface area contributed by atoms with Crippen LogP contribution in [0.3, 0.4) is 0 Å². The Hall–Kier alpha value is -1.42. The molecule has 0 spiro atoms. The van der Waals surface area contributed by atoms with Gasteiger partial charge in [-0.1, -0.05) is 25.4 Å². The molecular formula is C15H22ClN3O. The number of ether oxygens (including phenoxy) is 1. The summed E-state index contributed by atoms with van der Waals surface area (Å²) in [4.78, 5) is 4.35. The molecule has 0 atom stereocenters. The zero-order chi connectivity index (χ0) is 14.5. The van der Waals surface area contributed by atoms with Gasteiger partial charge in [-0.25, -0.2) is 4.99 Å². The highest BCUT2D eigenvalue weighted by Crippen LogP contribution is 2.33. The Bertz CT molecular complexity index is 500. The Morgan fingerprint density at radius 2 is 2.30 bits per heavy atom. The maximum Gasteiger partial charge on any atom is 0.188 e. The molecule has 1 aliphatic rings. The second kappa shape index (κ2) is 6.84. The van der Waals surface area contributed by atoms with Gasteiger partial charge in [0.25, 0.3) is 0 Å². The number of hydrogen-bond acceptors (Lipinski definition) is 2. The molecule has 1 aromatic carbocycles. The van der Waals surface area contributed by atoms with E-state index in [0.717, 1.165) is 41.3 Å². The van der Waals surface area contributed by atoms with Gasteiger partial charge in [0.1, 0.15) is 5.75 Å². The molecular weight excluding hydrogens is 274 g/mol. The van der Waals surface area contributed by atoms with Crippen LogP contribution in [0.2, 0.25) is 5.02 Å². The molecule has 0 aliphatic carbocycles. The first kappa shape index (κ1) is 15.0. The molecule has 5 heteroatoms. The van der Waals surface area contributed by atoms with Gasteiger partial charge in [0.2, 0.25) is 0 Å². The highest BCUT2D eigenvalue weighted by atomic mass is 35.5. The summed E-state index contributed by atoms with van der Waals surface area (Å²) in [5.74, 6) is 2.05. The lowest BCUT2D eigenvalue weighted by atomic mass is 10.1. The summed E-state index contributed by atoms with van der Waals surface area (Å²) in [6, 6.07) is 3.86. The first-order chi connectivity index (χ1) is 9.56. The number of guanidine groups is 1. The molecule has 110 valence electrons. The van der Waals surface area contributed by atoms with Crippen molar-refractivity contribution in [3.63, 3.8) is 0 Å². The van der Waals surface area contributed by atoms with Crippen molar-refractivity contribution in [3.05, 3.63) is 28.3 Å². The van der Waals surface area contributed by atoms with Crippen molar-refractivity contribution in [3.8, 4) is 5.75 Å². The third-order valence-electron chi connectivity index (χ3n) is 3.27. The second-order valence-corrected chi connectivity index (χ2v) is 5.90. The summed E-state index contributed by atoms with van der Waals surface area (Å²) in [6.07, 6.45) is 1.99. The van der Waals surface area contributed by atoms with E-state index in [1.807, 2.05) is 12.1 Å². The Balaban J connectivity index is 1.96. The number of rotatable bonds is 5. The average molecular weight is 296 g/mol. The van der Waals surface area contributed by atoms with E-state index >= 15 is 0 Å². The Morgan fingerprint density at radius 1 is 1.50 bits per heavy atom. The van der Waals surface area contributed by atoms with Crippen LogP contribution in [0.5, 0.6) is 5.75 Å². The van der Waals surface area contributed by atoms with Crippen LogP contribution in [0.1, 0.15) is 31.4 Å². The summed E-state index contributed by atoms with van der Waals surface area (Å²) in [7, 11) is 0. The topological polar surface area (TPSA) is 59.6 Å². The van der Waals surface area contributed by atoms with Crippen LogP contribution in [-0.2, 0) is 13.0 Å². The molecule has 0 fully saturated rings. The number of halogens is 1. The number of benzene rings is 1. The largest absolute Gasteiger partial charge is 0.493 e. The zero-order valence-corrected chi connectivity index (χ0v) is 12.8. The number of nitrogens with two attached hydrogens (primary N) is 1. The van der Waals surface area contributed by atoms with E-state index in [9.17, 15) is 0 Å². The molecule has 1 aromatic rings. The molecule has 0 saturated carbocycles. The zero-order valence-electron chi connectivity index (χ0n) is 12.1. The summed E-state index contributed by atoms with van der Waals surface area (Å²) >= 11 is 6.11. The fourth-order valence-corrected chi connectivity index (χ4v) is 2.44. The van der Waals surface area contributed by atoms with Gasteiger partial charge < -0.3 is 15.8 Å². The molecule has 4 nitrogen and oxygen atoms in total. The van der Waals surface area contributed by atoms with E-state index < -0.39 is 0 Å². The van der Waals surface area contributed by atoms with E-state index in [1.54, 1.807) is 0 Å². The van der Waals surface area contributed by atoms with Crippen molar-refractivity contribution in [2.75, 3.05) is 13.2 Å². The molecule has 1 heterocycles. The van der Waals surface area contributed by atoms with Gasteiger partial charge in [0.15, 0.2) is 5.96 Å². The minimum absolute atomic E-state index is 0.470. The molecule has 3 N–H and O–H groups in total. The van der Waals surface area contributed by atoms with Gasteiger partial charge in [-0.15, -0.1) is 0 Å². The standard InChI is InChI=1S/C15H22ClN3O/c1-10(2)3-5-18-15(17)19-9-12-8-13(16)7-11-4-6-20-14(11)12/h7-8,10H,3-6,9H2,1-2H3,(H3,17,18,19). The number of fused-ring (bicyclic) bond motifs is 1. The molecule has 0 bridgehead atoms. The summed E-state index contributed by atoms with van der Waals surface area (Å²) < 4.78 is 5.64. The van der Waals surface area contributed by atoms with Gasteiger partial charge in [0, 0.05) is 23.6 Å². The van der Waals surface area contributed by atoms with Crippen molar-refractivity contribution < 1.29 is 4.74 Å². The molecule has 0 aromatic heterocycles. The van der Waals surface area contributed by atoms with Crippen molar-refractivity contribution in [2.24, 2.45) is 16.6 Å². The first-order valence-electron chi connectivity index (χ1n) is 7.04. The van der Waals surface area contributed by atoms with E-state index in [0.29, 0.717) is 25.0 Å². The van der Waals surface area contributed by atoms with E-state index in [2.05, 4.69) is 24.2 Å². The highest BCUT2D eigenvalue weighted by Gasteiger charge is 2.17. The predicted molar refractivity (Wildman–Crippen MR) is 83.4 cm³/mol. The number of hydrogen-bond donors (Lipinski definition) is 2. The highest BCUT2D eigenvalue weighted by molar-refractivity contribution is 6.30. The van der Waals surface area contributed by atoms with E-state index in [1.165, 1.54) is 0 Å². The maximum atomic E-state index is 6.11. The summed E-state index contributed by atoms with van der Waals surface area (Å²) in [5.41, 5.74) is 8.02. The lowest BCUT2D eigenvalue weighted by Crippen LogP contribution is -2.32. The summed E-state index contributed by atoms with van der Waals surface area (Å²) in [5, 5.41) is 3.85. The molecule has 0 saturated heterocycles. The van der Waals surface area contributed by atoms with Crippen LogP contribution in [0, 0.1) is 5.92 Å². The smallest absolute Gasteiger partial charge is 0.188 e. The molecule has 20 heavy (non-hydrogen) atoms. The van der Waals surface area contributed by atoms with E-state index in [-0.39, 0.29) is 0 Å². The van der Waals surface area contributed by atoms with Gasteiger partial charge >= 0.3 is 0 Å². The molecule has 2 rings (SSSR count). The van der Waals surface area contributed by atoms with Crippen LogP contribution < -0.4 is 15.8 Å². The van der Waals surface area contributed by atoms with E-state index in [4.69, 9.17) is 22.1 Å². The third-order valence-corrected chi connectivity index (χ3v) is 3.49. The third kappa shape index (κ3) is 4.04. The monoisotopic (exact) mass is 295 g/mol. The lowest BCUT2D eigenvalue weighted by Gasteiger charge is -2.09. The predicted octanol–water partition coefficient (Wildman–Crippen LogP) is 2.73. The van der Waals surface area contributed by atoms with Crippen molar-refractivity contribution in [2.45, 2.75) is 33.2 Å². The summed E-state index contributed by atoms with van der Waals surface area (Å²) in [6.45, 7) is 6.41. The van der Waals surface area contributed by atoms with Crippen LogP contribution in [0.15, 0.2) is 17.1 Å². The van der Waals surface area contributed by atoms with Crippen LogP contribution in [0.4, 0.5) is 0 Å². The fraction of sp³-hybridized carbons (Fsp3) is 0.533. The first-order valence-corrected chi connectivity index (χ1v) is 7.42. The molecule has 0 radical (unpaired) electrons. The fourth-order valence-electron chi connectivity index (χ4n) is 2.18. The number of nitrogens with one attached hydrogen (secondary N) is 1. The number of nitrogens with zero attached hydrogens (tertiary/aromatic N) is 1. The SMILES string of the molecule is CC(C)CCNC(N)=NCc1cc(Cl)cc2c1OCC2. The molecule has 1 aliphatic heterocycles. The quantitative estimate of drug-likeness (QED) is 0.648.